The molecular weight excluding hydrogens is 313 g/mol. The lowest BCUT2D eigenvalue weighted by molar-refractivity contribution is -0.274. The van der Waals surface area contributed by atoms with Crippen molar-refractivity contribution < 1.29 is 22.7 Å². The first kappa shape index (κ1) is 14.9. The summed E-state index contributed by atoms with van der Waals surface area (Å²) >= 11 is 7.02. The Morgan fingerprint density at radius 1 is 1.25 bits per heavy atom. The van der Waals surface area contributed by atoms with Gasteiger partial charge in [0.05, 0.1) is 9.21 Å². The number of aryl methyl sites for hydroxylation is 1. The number of halogens is 4. The second kappa shape index (κ2) is 5.46. The van der Waals surface area contributed by atoms with Crippen molar-refractivity contribution in [3.8, 4) is 5.75 Å². The van der Waals surface area contributed by atoms with Crippen molar-refractivity contribution in [1.82, 2.24) is 0 Å². The number of rotatable bonds is 3. The van der Waals surface area contributed by atoms with E-state index in [2.05, 4.69) is 4.74 Å². The molecule has 0 bridgehead atoms. The zero-order valence-electron chi connectivity index (χ0n) is 10.1. The van der Waals surface area contributed by atoms with Crippen LogP contribution < -0.4 is 4.74 Å². The Morgan fingerprint density at radius 2 is 1.85 bits per heavy atom. The van der Waals surface area contributed by atoms with Gasteiger partial charge in [-0.15, -0.1) is 24.5 Å². The van der Waals surface area contributed by atoms with Crippen LogP contribution in [0.3, 0.4) is 0 Å². The van der Waals surface area contributed by atoms with Crippen molar-refractivity contribution in [3.63, 3.8) is 0 Å². The van der Waals surface area contributed by atoms with Gasteiger partial charge in [-0.3, -0.25) is 4.79 Å². The molecule has 0 aliphatic carbocycles. The zero-order chi connectivity index (χ0) is 14.9. The van der Waals surface area contributed by atoms with Gasteiger partial charge in [-0.25, -0.2) is 0 Å². The second-order valence-corrected chi connectivity index (χ2v) is 5.62. The van der Waals surface area contributed by atoms with Crippen molar-refractivity contribution in [1.29, 1.82) is 0 Å². The van der Waals surface area contributed by atoms with Gasteiger partial charge in [-0.05, 0) is 42.8 Å². The molecule has 0 spiro atoms. The predicted molar refractivity (Wildman–Crippen MR) is 70.6 cm³/mol. The summed E-state index contributed by atoms with van der Waals surface area (Å²) in [5.41, 5.74) is 1.06. The Morgan fingerprint density at radius 3 is 2.30 bits per heavy atom. The Hall–Kier alpha value is -1.53. The summed E-state index contributed by atoms with van der Waals surface area (Å²) in [4.78, 5) is 12.5. The lowest BCUT2D eigenvalue weighted by atomic mass is 10.1. The van der Waals surface area contributed by atoms with Crippen LogP contribution in [0.2, 0.25) is 4.34 Å². The van der Waals surface area contributed by atoms with Crippen LogP contribution in [0.25, 0.3) is 0 Å². The van der Waals surface area contributed by atoms with Crippen LogP contribution in [0, 0.1) is 6.92 Å². The fourth-order valence-corrected chi connectivity index (χ4v) is 2.69. The smallest absolute Gasteiger partial charge is 0.406 e. The topological polar surface area (TPSA) is 26.3 Å². The molecule has 20 heavy (non-hydrogen) atoms. The van der Waals surface area contributed by atoms with Gasteiger partial charge in [-0.1, -0.05) is 11.6 Å². The van der Waals surface area contributed by atoms with E-state index in [0.29, 0.717) is 9.21 Å². The van der Waals surface area contributed by atoms with Gasteiger partial charge in [0.1, 0.15) is 5.75 Å². The van der Waals surface area contributed by atoms with Crippen molar-refractivity contribution >= 4 is 28.7 Å². The minimum atomic E-state index is -4.75. The molecule has 0 aliphatic rings. The molecule has 106 valence electrons. The third kappa shape index (κ3) is 3.52. The van der Waals surface area contributed by atoms with Gasteiger partial charge in [0.2, 0.25) is 5.78 Å². The molecule has 1 heterocycles. The third-order valence-electron chi connectivity index (χ3n) is 2.43. The number of hydrogen-bond acceptors (Lipinski definition) is 3. The molecule has 0 saturated carbocycles. The molecule has 0 N–H and O–H groups in total. The quantitative estimate of drug-likeness (QED) is 0.756. The summed E-state index contributed by atoms with van der Waals surface area (Å²) in [7, 11) is 0. The van der Waals surface area contributed by atoms with E-state index in [-0.39, 0.29) is 17.1 Å². The molecule has 0 radical (unpaired) electrons. The predicted octanol–water partition coefficient (Wildman–Crippen LogP) is 4.84. The largest absolute Gasteiger partial charge is 0.573 e. The molecule has 0 saturated heterocycles. The highest BCUT2D eigenvalue weighted by molar-refractivity contribution is 7.18. The maximum absolute atomic E-state index is 12.1. The minimum Gasteiger partial charge on any atom is -0.406 e. The first-order chi connectivity index (χ1) is 9.26. The van der Waals surface area contributed by atoms with Crippen LogP contribution in [0.15, 0.2) is 30.3 Å². The molecule has 0 aliphatic heterocycles. The summed E-state index contributed by atoms with van der Waals surface area (Å²) < 4.78 is 40.3. The number of alkyl halides is 3. The Bertz CT molecular complexity index is 613. The molecule has 7 heteroatoms. The molecule has 2 rings (SSSR count). The van der Waals surface area contributed by atoms with Crippen LogP contribution in [-0.2, 0) is 0 Å². The van der Waals surface area contributed by atoms with E-state index in [9.17, 15) is 18.0 Å². The second-order valence-electron chi connectivity index (χ2n) is 3.97. The summed E-state index contributed by atoms with van der Waals surface area (Å²) in [6.07, 6.45) is -4.75. The van der Waals surface area contributed by atoms with E-state index in [1.165, 1.54) is 12.1 Å². The standard InChI is InChI=1S/C13H8ClF3O2S/c1-7-6-10(20-12(7)14)11(18)8-2-4-9(5-3-8)19-13(15,16)17/h2-6H,1H3. The number of thiophene rings is 1. The van der Waals surface area contributed by atoms with Crippen LogP contribution >= 0.6 is 22.9 Å². The lowest BCUT2D eigenvalue weighted by Crippen LogP contribution is -2.17. The molecule has 0 unspecified atom stereocenters. The van der Waals surface area contributed by atoms with Crippen molar-refractivity contribution in [2.45, 2.75) is 13.3 Å². The summed E-state index contributed by atoms with van der Waals surface area (Å²) in [5, 5.41) is 0. The van der Waals surface area contributed by atoms with Crippen molar-refractivity contribution in [2.24, 2.45) is 0 Å². The number of carbonyl (C=O) groups excluding carboxylic acids is 1. The first-order valence-electron chi connectivity index (χ1n) is 5.43. The van der Waals surface area contributed by atoms with E-state index in [0.717, 1.165) is 29.0 Å². The average Bonchev–Trinajstić information content (AvgIpc) is 2.68. The molecule has 1 aromatic carbocycles. The van der Waals surface area contributed by atoms with Crippen LogP contribution in [0.4, 0.5) is 13.2 Å². The van der Waals surface area contributed by atoms with Gasteiger partial charge in [0.15, 0.2) is 0 Å². The van der Waals surface area contributed by atoms with Crippen LogP contribution in [0.5, 0.6) is 5.75 Å². The molecule has 2 nitrogen and oxygen atoms in total. The normalized spacial score (nSPS) is 11.4. The van der Waals surface area contributed by atoms with Gasteiger partial charge in [0, 0.05) is 5.56 Å². The van der Waals surface area contributed by atoms with Gasteiger partial charge < -0.3 is 4.74 Å². The zero-order valence-corrected chi connectivity index (χ0v) is 11.7. The molecule has 0 atom stereocenters. The Balaban J connectivity index is 2.19. The average molecular weight is 321 g/mol. The fraction of sp³-hybridized carbons (Fsp3) is 0.154. The van der Waals surface area contributed by atoms with Gasteiger partial charge >= 0.3 is 6.36 Å². The van der Waals surface area contributed by atoms with E-state index < -0.39 is 6.36 Å². The summed E-state index contributed by atoms with van der Waals surface area (Å²) in [6.45, 7) is 1.77. The van der Waals surface area contributed by atoms with E-state index in [1.54, 1.807) is 13.0 Å². The number of ketones is 1. The number of hydrogen-bond donors (Lipinski definition) is 0. The van der Waals surface area contributed by atoms with Gasteiger partial charge in [-0.2, -0.15) is 0 Å². The molecule has 0 amide bonds. The highest BCUT2D eigenvalue weighted by Gasteiger charge is 2.31. The lowest BCUT2D eigenvalue weighted by Gasteiger charge is -2.08. The fourth-order valence-electron chi connectivity index (χ4n) is 1.52. The van der Waals surface area contributed by atoms with E-state index >= 15 is 0 Å². The maximum atomic E-state index is 12.1. The van der Waals surface area contributed by atoms with E-state index in [4.69, 9.17) is 11.6 Å². The van der Waals surface area contributed by atoms with E-state index in [1.807, 2.05) is 0 Å². The maximum Gasteiger partial charge on any atom is 0.573 e. The molecule has 2 aromatic rings. The summed E-state index contributed by atoms with van der Waals surface area (Å²) in [5.74, 6) is -0.655. The highest BCUT2D eigenvalue weighted by Crippen LogP contribution is 2.29. The third-order valence-corrected chi connectivity index (χ3v) is 3.98. The van der Waals surface area contributed by atoms with Gasteiger partial charge in [0.25, 0.3) is 0 Å². The molecule has 1 aromatic heterocycles. The highest BCUT2D eigenvalue weighted by atomic mass is 35.5. The number of ether oxygens (including phenoxy) is 1. The minimum absolute atomic E-state index is 0.275. The summed E-state index contributed by atoms with van der Waals surface area (Å²) in [6, 6.07) is 6.42. The molecule has 0 fully saturated rings. The van der Waals surface area contributed by atoms with Crippen molar-refractivity contribution in [2.75, 3.05) is 0 Å². The Labute approximate surface area is 121 Å². The number of benzene rings is 1. The number of carbonyl (C=O) groups is 1. The monoisotopic (exact) mass is 320 g/mol. The Kier molecular flexibility index (Phi) is 4.06. The van der Waals surface area contributed by atoms with Crippen molar-refractivity contribution in [3.05, 3.63) is 50.7 Å². The SMILES string of the molecule is Cc1cc(C(=O)c2ccc(OC(F)(F)F)cc2)sc1Cl. The van der Waals surface area contributed by atoms with Crippen LogP contribution in [0.1, 0.15) is 20.8 Å². The molecular formula is C13H8ClF3O2S. The first-order valence-corrected chi connectivity index (χ1v) is 6.62. The van der Waals surface area contributed by atoms with Crippen LogP contribution in [-0.4, -0.2) is 12.1 Å².